The highest BCUT2D eigenvalue weighted by molar-refractivity contribution is 7.80. The van der Waals surface area contributed by atoms with Gasteiger partial charge in [0.2, 0.25) is 0 Å². The van der Waals surface area contributed by atoms with E-state index in [0.29, 0.717) is 5.92 Å². The predicted octanol–water partition coefficient (Wildman–Crippen LogP) is 4.63. The van der Waals surface area contributed by atoms with E-state index in [0.717, 1.165) is 12.1 Å². The third-order valence-electron chi connectivity index (χ3n) is 4.29. The average molecular weight is 401 g/mol. The van der Waals surface area contributed by atoms with Crippen LogP contribution in [-0.2, 0) is 0 Å². The molecule has 0 aliphatic rings. The van der Waals surface area contributed by atoms with Crippen molar-refractivity contribution in [3.8, 4) is 5.75 Å². The molecule has 0 spiro atoms. The lowest BCUT2D eigenvalue weighted by Gasteiger charge is -2.12. The summed E-state index contributed by atoms with van der Waals surface area (Å²) in [5.74, 6) is 0.0437. The minimum absolute atomic E-state index is 0.109. The van der Waals surface area contributed by atoms with Gasteiger partial charge in [0.25, 0.3) is 5.91 Å². The van der Waals surface area contributed by atoms with Crippen LogP contribution in [0.5, 0.6) is 5.75 Å². The number of nitro groups is 1. The number of carbonyl (C=O) groups excluding carboxylic acids is 1. The van der Waals surface area contributed by atoms with Crippen molar-refractivity contribution < 1.29 is 14.5 Å². The van der Waals surface area contributed by atoms with Crippen molar-refractivity contribution in [1.29, 1.82) is 0 Å². The molecule has 2 aromatic rings. The van der Waals surface area contributed by atoms with Crippen molar-refractivity contribution >= 4 is 34.6 Å². The van der Waals surface area contributed by atoms with Gasteiger partial charge in [-0.05, 0) is 61.3 Å². The molecule has 148 valence electrons. The van der Waals surface area contributed by atoms with Gasteiger partial charge in [-0.25, -0.2) is 0 Å². The smallest absolute Gasteiger partial charge is 0.311 e. The first kappa shape index (κ1) is 21.3. The Bertz CT molecular complexity index is 868. The molecule has 2 rings (SSSR count). The van der Waals surface area contributed by atoms with Crippen molar-refractivity contribution in [1.82, 2.24) is 5.32 Å². The van der Waals surface area contributed by atoms with E-state index in [1.54, 1.807) is 6.92 Å². The maximum Gasteiger partial charge on any atom is 0.311 e. The van der Waals surface area contributed by atoms with Crippen LogP contribution >= 0.6 is 12.2 Å². The molecule has 0 heterocycles. The van der Waals surface area contributed by atoms with E-state index in [-0.39, 0.29) is 28.7 Å². The zero-order valence-corrected chi connectivity index (χ0v) is 16.8. The highest BCUT2D eigenvalue weighted by atomic mass is 32.1. The first-order valence-electron chi connectivity index (χ1n) is 8.99. The number of thiocarbonyl (C=S) groups is 1. The standard InChI is InChI=1S/C20H23N3O4S/c1-4-13(3)14-6-9-16(10-7-14)21-20(28)22-19(24)15-8-11-18(27-5-2)17(12-15)23(25)26/h6-13H,4-5H2,1-3H3,(H2,21,22,24,28)/t13-/m0/s1. The van der Waals surface area contributed by atoms with Gasteiger partial charge in [-0.2, -0.15) is 0 Å². The summed E-state index contributed by atoms with van der Waals surface area (Å²) < 4.78 is 5.22. The average Bonchev–Trinajstić information content (AvgIpc) is 2.68. The number of hydrogen-bond acceptors (Lipinski definition) is 5. The Morgan fingerprint density at radius 1 is 1.21 bits per heavy atom. The molecule has 0 radical (unpaired) electrons. The fraction of sp³-hybridized carbons (Fsp3) is 0.300. The molecule has 0 bridgehead atoms. The molecule has 2 N–H and O–H groups in total. The van der Waals surface area contributed by atoms with Gasteiger partial charge in [0.05, 0.1) is 11.5 Å². The fourth-order valence-corrected chi connectivity index (χ4v) is 2.76. The number of ether oxygens (including phenoxy) is 1. The molecule has 0 unspecified atom stereocenters. The van der Waals surface area contributed by atoms with Crippen LogP contribution in [0.4, 0.5) is 11.4 Å². The zero-order valence-electron chi connectivity index (χ0n) is 16.0. The van der Waals surface area contributed by atoms with Crippen molar-refractivity contribution in [2.45, 2.75) is 33.1 Å². The zero-order chi connectivity index (χ0) is 20.7. The van der Waals surface area contributed by atoms with Crippen LogP contribution in [0.2, 0.25) is 0 Å². The van der Waals surface area contributed by atoms with E-state index in [4.69, 9.17) is 17.0 Å². The van der Waals surface area contributed by atoms with E-state index in [1.807, 2.05) is 24.3 Å². The Hall–Kier alpha value is -3.00. The van der Waals surface area contributed by atoms with Crippen LogP contribution in [0.1, 0.15) is 49.0 Å². The summed E-state index contributed by atoms with van der Waals surface area (Å²) >= 11 is 5.17. The molecule has 0 aromatic heterocycles. The van der Waals surface area contributed by atoms with Crippen LogP contribution < -0.4 is 15.4 Å². The van der Waals surface area contributed by atoms with Crippen molar-refractivity contribution in [2.24, 2.45) is 0 Å². The Kier molecular flexibility index (Phi) is 7.45. The number of nitro benzene ring substituents is 1. The molecular weight excluding hydrogens is 378 g/mol. The molecule has 0 aliphatic carbocycles. The lowest BCUT2D eigenvalue weighted by Crippen LogP contribution is -2.34. The second-order valence-corrected chi connectivity index (χ2v) is 6.62. The van der Waals surface area contributed by atoms with Gasteiger partial charge in [-0.1, -0.05) is 26.0 Å². The van der Waals surface area contributed by atoms with E-state index in [1.165, 1.54) is 23.8 Å². The number of anilines is 1. The molecule has 7 nitrogen and oxygen atoms in total. The summed E-state index contributed by atoms with van der Waals surface area (Å²) in [6.07, 6.45) is 1.05. The van der Waals surface area contributed by atoms with Crippen LogP contribution in [0.15, 0.2) is 42.5 Å². The maximum absolute atomic E-state index is 12.4. The third-order valence-corrected chi connectivity index (χ3v) is 4.50. The summed E-state index contributed by atoms with van der Waals surface area (Å²) in [5.41, 5.74) is 1.82. The highest BCUT2D eigenvalue weighted by Gasteiger charge is 2.19. The molecular formula is C20H23N3O4S. The number of benzene rings is 2. The minimum atomic E-state index is -0.586. The Labute approximate surface area is 169 Å². The van der Waals surface area contributed by atoms with Crippen molar-refractivity contribution in [3.63, 3.8) is 0 Å². The van der Waals surface area contributed by atoms with Crippen LogP contribution in [-0.4, -0.2) is 22.5 Å². The molecule has 0 fully saturated rings. The molecule has 0 saturated heterocycles. The molecule has 1 atom stereocenters. The Morgan fingerprint density at radius 3 is 2.46 bits per heavy atom. The van der Waals surface area contributed by atoms with Gasteiger partial charge in [0.1, 0.15) is 0 Å². The lowest BCUT2D eigenvalue weighted by atomic mass is 9.99. The molecule has 28 heavy (non-hydrogen) atoms. The first-order valence-corrected chi connectivity index (χ1v) is 9.40. The second kappa shape index (κ2) is 9.80. The normalized spacial score (nSPS) is 11.4. The molecule has 1 amide bonds. The van der Waals surface area contributed by atoms with Gasteiger partial charge in [-0.15, -0.1) is 0 Å². The fourth-order valence-electron chi connectivity index (χ4n) is 2.55. The Morgan fingerprint density at radius 2 is 1.89 bits per heavy atom. The minimum Gasteiger partial charge on any atom is -0.487 e. The van der Waals surface area contributed by atoms with Gasteiger partial charge in [-0.3, -0.25) is 20.2 Å². The van der Waals surface area contributed by atoms with E-state index >= 15 is 0 Å². The van der Waals surface area contributed by atoms with E-state index < -0.39 is 10.8 Å². The van der Waals surface area contributed by atoms with Gasteiger partial charge >= 0.3 is 5.69 Å². The number of hydrogen-bond donors (Lipinski definition) is 2. The number of carbonyl (C=O) groups is 1. The number of nitrogens with one attached hydrogen (secondary N) is 2. The second-order valence-electron chi connectivity index (χ2n) is 6.21. The van der Waals surface area contributed by atoms with Gasteiger partial charge < -0.3 is 10.1 Å². The topological polar surface area (TPSA) is 93.5 Å². The van der Waals surface area contributed by atoms with Gasteiger partial charge in [0.15, 0.2) is 10.9 Å². The summed E-state index contributed by atoms with van der Waals surface area (Å²) in [6.45, 7) is 6.30. The van der Waals surface area contributed by atoms with E-state index in [9.17, 15) is 14.9 Å². The third kappa shape index (κ3) is 5.50. The molecule has 2 aromatic carbocycles. The lowest BCUT2D eigenvalue weighted by molar-refractivity contribution is -0.385. The van der Waals surface area contributed by atoms with Crippen LogP contribution in [0.25, 0.3) is 0 Å². The Balaban J connectivity index is 2.05. The molecule has 0 saturated carbocycles. The molecule has 0 aliphatic heterocycles. The first-order chi connectivity index (χ1) is 13.3. The number of amides is 1. The summed E-state index contributed by atoms with van der Waals surface area (Å²) in [4.78, 5) is 23.0. The van der Waals surface area contributed by atoms with Crippen molar-refractivity contribution in [2.75, 3.05) is 11.9 Å². The largest absolute Gasteiger partial charge is 0.487 e. The maximum atomic E-state index is 12.4. The quantitative estimate of drug-likeness (QED) is 0.399. The monoisotopic (exact) mass is 401 g/mol. The van der Waals surface area contributed by atoms with E-state index in [2.05, 4.69) is 24.5 Å². The highest BCUT2D eigenvalue weighted by Crippen LogP contribution is 2.28. The summed E-state index contributed by atoms with van der Waals surface area (Å²) in [6, 6.07) is 11.8. The molecule has 8 heteroatoms. The van der Waals surface area contributed by atoms with Crippen LogP contribution in [0.3, 0.4) is 0 Å². The van der Waals surface area contributed by atoms with Gasteiger partial charge in [0, 0.05) is 17.3 Å². The number of rotatable bonds is 7. The summed E-state index contributed by atoms with van der Waals surface area (Å²) in [7, 11) is 0. The number of nitrogens with zero attached hydrogens (tertiary/aromatic N) is 1. The van der Waals surface area contributed by atoms with Crippen molar-refractivity contribution in [3.05, 3.63) is 63.7 Å². The predicted molar refractivity (Wildman–Crippen MR) is 113 cm³/mol. The van der Waals surface area contributed by atoms with Crippen LogP contribution in [0, 0.1) is 10.1 Å². The SMILES string of the molecule is CCOc1ccc(C(=O)NC(=S)Nc2ccc([C@@H](C)CC)cc2)cc1[N+](=O)[O-]. The summed E-state index contributed by atoms with van der Waals surface area (Å²) in [5, 5.41) is 16.8.